The van der Waals surface area contributed by atoms with Crippen LogP contribution >= 0.6 is 0 Å². The van der Waals surface area contributed by atoms with Crippen LogP contribution in [0.5, 0.6) is 5.75 Å². The highest BCUT2D eigenvalue weighted by Crippen LogP contribution is 2.39. The lowest BCUT2D eigenvalue weighted by molar-refractivity contribution is -0.0648. The van der Waals surface area contributed by atoms with Crippen LogP contribution in [0.4, 0.5) is 0 Å². The van der Waals surface area contributed by atoms with Crippen molar-refractivity contribution in [1.82, 2.24) is 9.80 Å². The van der Waals surface area contributed by atoms with Crippen LogP contribution in [0.15, 0.2) is 24.3 Å². The molecule has 2 aliphatic heterocycles. The molecule has 4 nitrogen and oxygen atoms in total. The Morgan fingerprint density at radius 2 is 2.04 bits per heavy atom. The predicted octanol–water partition coefficient (Wildman–Crippen LogP) is 3.42. The van der Waals surface area contributed by atoms with Crippen molar-refractivity contribution in [2.75, 3.05) is 32.8 Å². The minimum Gasteiger partial charge on any atom is -0.493 e. The molecule has 2 fully saturated rings. The number of carbonyl (C=O) groups is 1. The molecule has 0 radical (unpaired) electrons. The Balaban J connectivity index is 1.74. The van der Waals surface area contributed by atoms with Gasteiger partial charge in [0.05, 0.1) is 12.2 Å². The number of para-hydroxylation sites is 1. The summed E-state index contributed by atoms with van der Waals surface area (Å²) in [7, 11) is 0. The van der Waals surface area contributed by atoms with Crippen molar-refractivity contribution in [3.8, 4) is 5.75 Å². The van der Waals surface area contributed by atoms with E-state index in [1.165, 1.54) is 19.4 Å². The van der Waals surface area contributed by atoms with E-state index in [-0.39, 0.29) is 11.4 Å². The molecule has 1 spiro atoms. The second-order valence-corrected chi connectivity index (χ2v) is 7.57. The van der Waals surface area contributed by atoms with Crippen LogP contribution in [-0.2, 0) is 0 Å². The maximum atomic E-state index is 13.1. The van der Waals surface area contributed by atoms with E-state index in [4.69, 9.17) is 4.74 Å². The van der Waals surface area contributed by atoms with E-state index < -0.39 is 0 Å². The van der Waals surface area contributed by atoms with Crippen molar-refractivity contribution in [2.45, 2.75) is 45.6 Å². The molecule has 1 atom stereocenters. The van der Waals surface area contributed by atoms with Crippen molar-refractivity contribution in [3.05, 3.63) is 29.8 Å². The average molecular weight is 330 g/mol. The number of benzene rings is 1. The maximum Gasteiger partial charge on any atom is 0.257 e. The van der Waals surface area contributed by atoms with Crippen LogP contribution < -0.4 is 4.74 Å². The molecule has 2 heterocycles. The summed E-state index contributed by atoms with van der Waals surface area (Å²) in [4.78, 5) is 17.7. The molecule has 24 heavy (non-hydrogen) atoms. The van der Waals surface area contributed by atoms with Gasteiger partial charge in [-0.05, 0) is 44.2 Å². The van der Waals surface area contributed by atoms with Crippen LogP contribution in [0.3, 0.4) is 0 Å². The number of ether oxygens (including phenoxy) is 1. The van der Waals surface area contributed by atoms with Crippen molar-refractivity contribution in [3.63, 3.8) is 0 Å². The number of piperidine rings is 1. The first-order chi connectivity index (χ1) is 11.6. The zero-order valence-corrected chi connectivity index (χ0v) is 15.3. The molecule has 0 unspecified atom stereocenters. The van der Waals surface area contributed by atoms with E-state index in [2.05, 4.69) is 18.7 Å². The maximum absolute atomic E-state index is 13.1. The van der Waals surface area contributed by atoms with Crippen LogP contribution in [0.2, 0.25) is 0 Å². The lowest BCUT2D eigenvalue weighted by Gasteiger charge is -2.57. The van der Waals surface area contributed by atoms with Crippen molar-refractivity contribution >= 4 is 5.91 Å². The summed E-state index contributed by atoms with van der Waals surface area (Å²) < 4.78 is 5.66. The zero-order valence-electron chi connectivity index (χ0n) is 15.3. The highest BCUT2D eigenvalue weighted by Gasteiger charge is 2.48. The van der Waals surface area contributed by atoms with Gasteiger partial charge in [-0.2, -0.15) is 0 Å². The SMILES string of the molecule is CCOc1ccccc1C(=O)N1CCC[C@@]2(CCN2CC(C)C)C1. The minimum atomic E-state index is 0.120. The Labute approximate surface area is 145 Å². The number of hydrogen-bond acceptors (Lipinski definition) is 3. The summed E-state index contributed by atoms with van der Waals surface area (Å²) in [5.74, 6) is 1.50. The third kappa shape index (κ3) is 3.30. The quantitative estimate of drug-likeness (QED) is 0.829. The highest BCUT2D eigenvalue weighted by molar-refractivity contribution is 5.97. The number of hydrogen-bond donors (Lipinski definition) is 0. The minimum absolute atomic E-state index is 0.120. The van der Waals surface area contributed by atoms with Crippen molar-refractivity contribution < 1.29 is 9.53 Å². The number of rotatable bonds is 5. The van der Waals surface area contributed by atoms with Gasteiger partial charge in [-0.1, -0.05) is 26.0 Å². The average Bonchev–Trinajstić information content (AvgIpc) is 2.59. The number of carbonyl (C=O) groups excluding carboxylic acids is 1. The topological polar surface area (TPSA) is 32.8 Å². The molecule has 1 aromatic carbocycles. The van der Waals surface area contributed by atoms with Gasteiger partial charge in [-0.25, -0.2) is 0 Å². The van der Waals surface area contributed by atoms with Crippen molar-refractivity contribution in [1.29, 1.82) is 0 Å². The van der Waals surface area contributed by atoms with E-state index in [0.29, 0.717) is 23.8 Å². The molecule has 0 bridgehead atoms. The van der Waals surface area contributed by atoms with Gasteiger partial charge in [0.1, 0.15) is 5.75 Å². The Hall–Kier alpha value is -1.55. The summed E-state index contributed by atoms with van der Waals surface area (Å²) in [6.07, 6.45) is 3.53. The molecule has 0 saturated carbocycles. The summed E-state index contributed by atoms with van der Waals surface area (Å²) in [6.45, 7) is 11.1. The Kier molecular flexibility index (Phi) is 5.14. The summed E-state index contributed by atoms with van der Waals surface area (Å²) in [6, 6.07) is 7.63. The van der Waals surface area contributed by atoms with Gasteiger partial charge >= 0.3 is 0 Å². The largest absolute Gasteiger partial charge is 0.493 e. The predicted molar refractivity (Wildman–Crippen MR) is 96.5 cm³/mol. The standard InChI is InChI=1S/C20H30N2O2/c1-4-24-18-9-6-5-8-17(18)19(23)21-12-7-10-20(15-21)11-13-22(20)14-16(2)3/h5-6,8-9,16H,4,7,10-15H2,1-3H3/t20-/m1/s1. The number of likely N-dealkylation sites (tertiary alicyclic amines) is 2. The van der Waals surface area contributed by atoms with Gasteiger partial charge in [0.15, 0.2) is 0 Å². The zero-order chi connectivity index (χ0) is 17.2. The van der Waals surface area contributed by atoms with Crippen LogP contribution in [-0.4, -0.2) is 54.0 Å². The van der Waals surface area contributed by atoms with Crippen LogP contribution in [0.25, 0.3) is 0 Å². The Morgan fingerprint density at radius 1 is 1.25 bits per heavy atom. The molecule has 2 aliphatic rings. The molecule has 1 amide bonds. The molecular formula is C20H30N2O2. The van der Waals surface area contributed by atoms with Crippen molar-refractivity contribution in [2.24, 2.45) is 5.92 Å². The fraction of sp³-hybridized carbons (Fsp3) is 0.650. The summed E-state index contributed by atoms with van der Waals surface area (Å²) in [5.41, 5.74) is 0.921. The first kappa shape index (κ1) is 17.3. The number of amides is 1. The van der Waals surface area contributed by atoms with Gasteiger partial charge in [0.25, 0.3) is 5.91 Å². The van der Waals surface area contributed by atoms with Gasteiger partial charge < -0.3 is 9.64 Å². The molecule has 0 aromatic heterocycles. The summed E-state index contributed by atoms with van der Waals surface area (Å²) in [5, 5.41) is 0. The fourth-order valence-electron chi connectivity index (χ4n) is 4.15. The second-order valence-electron chi connectivity index (χ2n) is 7.57. The molecule has 0 aliphatic carbocycles. The van der Waals surface area contributed by atoms with Gasteiger partial charge in [0, 0.05) is 31.7 Å². The highest BCUT2D eigenvalue weighted by atomic mass is 16.5. The lowest BCUT2D eigenvalue weighted by Crippen LogP contribution is -2.67. The smallest absolute Gasteiger partial charge is 0.257 e. The summed E-state index contributed by atoms with van der Waals surface area (Å²) >= 11 is 0. The normalized spacial score (nSPS) is 24.2. The second kappa shape index (κ2) is 7.14. The van der Waals surface area contributed by atoms with Gasteiger partial charge in [-0.15, -0.1) is 0 Å². The lowest BCUT2D eigenvalue weighted by atomic mass is 9.77. The molecular weight excluding hydrogens is 300 g/mol. The fourth-order valence-corrected chi connectivity index (χ4v) is 4.15. The third-order valence-corrected chi connectivity index (χ3v) is 5.36. The molecule has 4 heteroatoms. The molecule has 3 rings (SSSR count). The van der Waals surface area contributed by atoms with E-state index in [0.717, 1.165) is 26.1 Å². The van der Waals surface area contributed by atoms with E-state index in [1.807, 2.05) is 36.1 Å². The molecule has 1 aromatic rings. The Bertz CT molecular complexity index is 587. The first-order valence-electron chi connectivity index (χ1n) is 9.32. The molecule has 2 saturated heterocycles. The van der Waals surface area contributed by atoms with E-state index in [9.17, 15) is 4.79 Å². The van der Waals surface area contributed by atoms with Crippen LogP contribution in [0.1, 0.15) is 50.4 Å². The van der Waals surface area contributed by atoms with Crippen LogP contribution in [0, 0.1) is 5.92 Å². The first-order valence-corrected chi connectivity index (χ1v) is 9.32. The monoisotopic (exact) mass is 330 g/mol. The van der Waals surface area contributed by atoms with Gasteiger partial charge in [0.2, 0.25) is 0 Å². The van der Waals surface area contributed by atoms with Gasteiger partial charge in [-0.3, -0.25) is 9.69 Å². The number of nitrogens with zero attached hydrogens (tertiary/aromatic N) is 2. The molecule has 0 N–H and O–H groups in total. The third-order valence-electron chi connectivity index (χ3n) is 5.36. The van der Waals surface area contributed by atoms with E-state index >= 15 is 0 Å². The Morgan fingerprint density at radius 3 is 2.71 bits per heavy atom. The van der Waals surface area contributed by atoms with E-state index in [1.54, 1.807) is 0 Å². The molecule has 132 valence electrons.